The summed E-state index contributed by atoms with van der Waals surface area (Å²) in [5.41, 5.74) is 2.89. The number of hydrogen-bond acceptors (Lipinski definition) is 6. The van der Waals surface area contributed by atoms with Crippen molar-refractivity contribution in [2.24, 2.45) is 4.99 Å². The average molecular weight is 532 g/mol. The maximum absolute atomic E-state index is 14.1. The van der Waals surface area contributed by atoms with E-state index in [1.165, 1.54) is 11.3 Å². The van der Waals surface area contributed by atoms with E-state index in [-0.39, 0.29) is 11.5 Å². The van der Waals surface area contributed by atoms with Crippen molar-refractivity contribution >= 4 is 45.4 Å². The molecule has 0 N–H and O–H groups in total. The van der Waals surface area contributed by atoms with Crippen molar-refractivity contribution < 1.29 is 9.53 Å². The van der Waals surface area contributed by atoms with E-state index in [4.69, 9.17) is 9.73 Å². The van der Waals surface area contributed by atoms with Crippen LogP contribution >= 0.6 is 22.7 Å². The average Bonchev–Trinajstić information content (AvgIpc) is 3.45. The van der Waals surface area contributed by atoms with Crippen molar-refractivity contribution in [2.45, 2.75) is 33.7 Å². The number of likely N-dealkylation sites (N-methyl/N-ethyl adjacent to an activating group) is 1. The van der Waals surface area contributed by atoms with Gasteiger partial charge in [0.15, 0.2) is 4.80 Å². The van der Waals surface area contributed by atoms with Crippen LogP contribution < -0.4 is 19.6 Å². The molecule has 0 bridgehead atoms. The number of carbonyl (C=O) groups is 1. The van der Waals surface area contributed by atoms with Gasteiger partial charge >= 0.3 is 0 Å². The Morgan fingerprint density at radius 3 is 2.57 bits per heavy atom. The van der Waals surface area contributed by atoms with Crippen molar-refractivity contribution in [3.8, 4) is 5.75 Å². The smallest absolute Gasteiger partial charge is 0.271 e. The van der Waals surface area contributed by atoms with E-state index >= 15 is 0 Å². The molecule has 3 heterocycles. The molecular weight excluding hydrogens is 502 g/mol. The Labute approximate surface area is 223 Å². The van der Waals surface area contributed by atoms with Crippen LogP contribution in [-0.2, 0) is 4.79 Å². The Morgan fingerprint density at radius 1 is 1.14 bits per heavy atom. The highest BCUT2D eigenvalue weighted by molar-refractivity contribution is 7.11. The Bertz CT molecular complexity index is 1720. The van der Waals surface area contributed by atoms with E-state index in [0.717, 1.165) is 26.8 Å². The quantitative estimate of drug-likeness (QED) is 0.364. The van der Waals surface area contributed by atoms with Crippen LogP contribution in [0.15, 0.2) is 68.9 Å². The van der Waals surface area contributed by atoms with Crippen LogP contribution in [0, 0.1) is 6.92 Å². The van der Waals surface area contributed by atoms with Crippen molar-refractivity contribution in [3.63, 3.8) is 0 Å². The van der Waals surface area contributed by atoms with Gasteiger partial charge < -0.3 is 9.64 Å². The number of methoxy groups -OCH3 is 1. The summed E-state index contributed by atoms with van der Waals surface area (Å²) >= 11 is 2.96. The lowest BCUT2D eigenvalue weighted by molar-refractivity contribution is -0.127. The number of amides is 1. The fourth-order valence-electron chi connectivity index (χ4n) is 4.94. The van der Waals surface area contributed by atoms with Gasteiger partial charge in [0.05, 0.1) is 22.9 Å². The third-order valence-corrected chi connectivity index (χ3v) is 8.84. The zero-order valence-electron chi connectivity index (χ0n) is 21.6. The molecule has 0 unspecified atom stereocenters. The first-order valence-electron chi connectivity index (χ1n) is 12.3. The minimum atomic E-state index is -0.669. The van der Waals surface area contributed by atoms with E-state index < -0.39 is 6.04 Å². The highest BCUT2D eigenvalue weighted by Gasteiger charge is 2.36. The van der Waals surface area contributed by atoms with Gasteiger partial charge in [0, 0.05) is 23.5 Å². The first-order valence-corrected chi connectivity index (χ1v) is 14.0. The predicted molar refractivity (Wildman–Crippen MR) is 151 cm³/mol. The van der Waals surface area contributed by atoms with Crippen LogP contribution in [0.1, 0.15) is 42.8 Å². The topological polar surface area (TPSA) is 63.9 Å². The third-order valence-electron chi connectivity index (χ3n) is 6.89. The van der Waals surface area contributed by atoms with E-state index in [1.54, 1.807) is 27.9 Å². The molecule has 1 amide bonds. The summed E-state index contributed by atoms with van der Waals surface area (Å²) in [6, 6.07) is 13.3. The maximum atomic E-state index is 14.1. The number of nitrogens with zero attached hydrogens (tertiary/aromatic N) is 3. The summed E-state index contributed by atoms with van der Waals surface area (Å²) in [6.07, 6.45) is 1.94. The third kappa shape index (κ3) is 4.24. The number of carbonyl (C=O) groups excluding carboxylic acids is 1. The first-order chi connectivity index (χ1) is 17.9. The molecule has 0 aliphatic carbocycles. The molecule has 0 saturated carbocycles. The Hall–Kier alpha value is -3.49. The number of rotatable bonds is 6. The monoisotopic (exact) mass is 531 g/mol. The molecule has 5 rings (SSSR count). The molecule has 0 saturated heterocycles. The minimum absolute atomic E-state index is 0.116. The number of ether oxygens (including phenoxy) is 1. The fourth-order valence-corrected chi connectivity index (χ4v) is 6.90. The molecular formula is C29H29N3O3S2. The molecule has 4 aromatic rings. The number of thiophene rings is 1. The Balaban J connectivity index is 1.87. The van der Waals surface area contributed by atoms with Gasteiger partial charge in [0.1, 0.15) is 11.8 Å². The van der Waals surface area contributed by atoms with Gasteiger partial charge in [0.25, 0.3) is 11.5 Å². The highest BCUT2D eigenvalue weighted by Crippen LogP contribution is 2.40. The number of thiazole rings is 1. The lowest BCUT2D eigenvalue weighted by atomic mass is 9.90. The van der Waals surface area contributed by atoms with Gasteiger partial charge in [-0.2, -0.15) is 0 Å². The van der Waals surface area contributed by atoms with Crippen molar-refractivity contribution in [1.29, 1.82) is 0 Å². The number of benzene rings is 2. The minimum Gasteiger partial charge on any atom is -0.496 e. The first kappa shape index (κ1) is 25.2. The van der Waals surface area contributed by atoms with Crippen LogP contribution in [0.25, 0.3) is 16.8 Å². The molecule has 1 atom stereocenters. The molecule has 0 spiro atoms. The van der Waals surface area contributed by atoms with Crippen molar-refractivity contribution in [2.75, 3.05) is 20.2 Å². The van der Waals surface area contributed by atoms with Gasteiger partial charge in [-0.1, -0.05) is 41.7 Å². The second kappa shape index (κ2) is 10.1. The normalized spacial score (nSPS) is 15.6. The van der Waals surface area contributed by atoms with Crippen molar-refractivity contribution in [1.82, 2.24) is 9.47 Å². The maximum Gasteiger partial charge on any atom is 0.271 e. The Kier molecular flexibility index (Phi) is 6.88. The number of aromatic nitrogens is 1. The van der Waals surface area contributed by atoms with Gasteiger partial charge in [-0.15, -0.1) is 11.3 Å². The molecule has 37 heavy (non-hydrogen) atoms. The highest BCUT2D eigenvalue weighted by atomic mass is 32.1. The van der Waals surface area contributed by atoms with Gasteiger partial charge in [-0.05, 0) is 67.6 Å². The second-order valence-electron chi connectivity index (χ2n) is 8.93. The summed E-state index contributed by atoms with van der Waals surface area (Å²) in [5.74, 6) is 0.515. The Morgan fingerprint density at radius 2 is 1.89 bits per heavy atom. The van der Waals surface area contributed by atoms with Crippen molar-refractivity contribution in [3.05, 3.63) is 94.8 Å². The molecule has 1 aliphatic rings. The van der Waals surface area contributed by atoms with E-state index in [0.29, 0.717) is 39.4 Å². The summed E-state index contributed by atoms with van der Waals surface area (Å²) in [6.45, 7) is 8.95. The van der Waals surface area contributed by atoms with E-state index in [1.807, 2.05) is 81.6 Å². The van der Waals surface area contributed by atoms with Gasteiger partial charge in [-0.3, -0.25) is 14.2 Å². The number of fused-ring (bicyclic) bond motifs is 2. The molecule has 6 nitrogen and oxygen atoms in total. The van der Waals surface area contributed by atoms with Crippen LogP contribution in [0.2, 0.25) is 0 Å². The van der Waals surface area contributed by atoms with Crippen LogP contribution in [0.3, 0.4) is 0 Å². The molecule has 190 valence electrons. The van der Waals surface area contributed by atoms with E-state index in [2.05, 4.69) is 0 Å². The number of allylic oxidation sites excluding steroid dienone is 1. The number of aryl methyl sites for hydroxylation is 1. The standard InChI is InChI=1S/C29H29N3O3S2/c1-6-31(7-2)28(34)24-18(4)30-29-32(27(33)23(37-29)16-22-17(3)14-15-36-22)26(24)25-20-11-9-8-10-19(20)12-13-21(25)35-5/h8-16,26H,6-7H2,1-5H3/b23-16+/t26-/m1/s1. The lowest BCUT2D eigenvalue weighted by Crippen LogP contribution is -2.43. The summed E-state index contributed by atoms with van der Waals surface area (Å²) in [4.78, 5) is 36.2. The predicted octanol–water partition coefficient (Wildman–Crippen LogP) is 4.64. The van der Waals surface area contributed by atoms with Crippen LogP contribution in [0.4, 0.5) is 0 Å². The van der Waals surface area contributed by atoms with Crippen LogP contribution in [0.5, 0.6) is 5.75 Å². The summed E-state index contributed by atoms with van der Waals surface area (Å²) in [5, 5.41) is 3.97. The molecule has 0 fully saturated rings. The van der Waals surface area contributed by atoms with Gasteiger partial charge in [0.2, 0.25) is 0 Å². The SMILES string of the molecule is CCN(CC)C(=O)C1=C(C)N=c2s/c(=C/c3sccc3C)c(=O)n2[C@H]1c1c(OC)ccc2ccccc12. The molecule has 2 aromatic carbocycles. The van der Waals surface area contributed by atoms with Gasteiger partial charge in [-0.25, -0.2) is 4.99 Å². The molecule has 8 heteroatoms. The summed E-state index contributed by atoms with van der Waals surface area (Å²) < 4.78 is 8.13. The zero-order chi connectivity index (χ0) is 26.3. The number of hydrogen-bond donors (Lipinski definition) is 0. The largest absolute Gasteiger partial charge is 0.496 e. The van der Waals surface area contributed by atoms with E-state index in [9.17, 15) is 9.59 Å². The molecule has 1 aliphatic heterocycles. The fraction of sp³-hybridized carbons (Fsp3) is 0.276. The molecule has 2 aromatic heterocycles. The zero-order valence-corrected chi connectivity index (χ0v) is 23.2. The molecule has 0 radical (unpaired) electrons. The lowest BCUT2D eigenvalue weighted by Gasteiger charge is -2.30. The van der Waals surface area contributed by atoms with Crippen LogP contribution in [-0.4, -0.2) is 35.6 Å². The second-order valence-corrected chi connectivity index (χ2v) is 10.9. The summed E-state index contributed by atoms with van der Waals surface area (Å²) in [7, 11) is 1.62.